The summed E-state index contributed by atoms with van der Waals surface area (Å²) in [6.45, 7) is 5.11. The van der Waals surface area contributed by atoms with Gasteiger partial charge in [-0.15, -0.1) is 0 Å². The fourth-order valence-corrected chi connectivity index (χ4v) is 0.741. The molecule has 2 N–H and O–H groups in total. The molecule has 8 heavy (non-hydrogen) atoms. The lowest BCUT2D eigenvalue weighted by molar-refractivity contribution is 0.252. The van der Waals surface area contributed by atoms with Crippen molar-refractivity contribution in [3.8, 4) is 0 Å². The van der Waals surface area contributed by atoms with Crippen molar-refractivity contribution < 1.29 is 5.11 Å². The summed E-state index contributed by atoms with van der Waals surface area (Å²) in [5, 5.41) is 10.4. The van der Waals surface area contributed by atoms with Gasteiger partial charge >= 0.3 is 0 Å². The maximum atomic E-state index is 8.43. The average Bonchev–Trinajstić information content (AvgIpc) is 2.15. The second-order valence-corrected chi connectivity index (χ2v) is 2.55. The van der Waals surface area contributed by atoms with Gasteiger partial charge in [0.2, 0.25) is 0 Å². The summed E-state index contributed by atoms with van der Waals surface area (Å²) in [7, 11) is 0. The van der Waals surface area contributed by atoms with Crippen LogP contribution in [0.5, 0.6) is 0 Å². The van der Waals surface area contributed by atoms with Crippen LogP contribution in [0.3, 0.4) is 0 Å². The first kappa shape index (κ1) is 6.01. The molecule has 1 rings (SSSR count). The molecule has 0 spiro atoms. The Hall–Kier alpha value is -0.120. The molecule has 0 aromatic carbocycles. The number of hydrogen-bond acceptors (Lipinski definition) is 3. The molecule has 1 atom stereocenters. The van der Waals surface area contributed by atoms with Crippen LogP contribution < -0.4 is 5.43 Å². The highest BCUT2D eigenvalue weighted by Gasteiger charge is 2.41. The van der Waals surface area contributed by atoms with Crippen LogP contribution in [-0.4, -0.2) is 28.9 Å². The van der Waals surface area contributed by atoms with Crippen molar-refractivity contribution in [2.24, 2.45) is 0 Å². The smallest absolute Gasteiger partial charge is 0.0919 e. The minimum atomic E-state index is 0.142. The van der Waals surface area contributed by atoms with Crippen LogP contribution in [0.15, 0.2) is 0 Å². The molecule has 0 saturated carbocycles. The molecule has 1 aliphatic rings. The number of aliphatic hydroxyl groups is 1. The van der Waals surface area contributed by atoms with E-state index in [4.69, 9.17) is 5.11 Å². The number of aliphatic hydroxyl groups excluding tert-OH is 1. The Bertz CT molecular complexity index is 92.4. The summed E-state index contributed by atoms with van der Waals surface area (Å²) in [6, 6.07) is 0. The van der Waals surface area contributed by atoms with Crippen molar-refractivity contribution in [2.75, 3.05) is 13.2 Å². The van der Waals surface area contributed by atoms with Crippen LogP contribution in [0, 0.1) is 0 Å². The van der Waals surface area contributed by atoms with E-state index in [9.17, 15) is 0 Å². The molecule has 48 valence electrons. The Morgan fingerprint density at radius 2 is 2.12 bits per heavy atom. The second kappa shape index (κ2) is 1.69. The van der Waals surface area contributed by atoms with E-state index in [0.717, 1.165) is 6.54 Å². The molecular weight excluding hydrogens is 104 g/mol. The van der Waals surface area contributed by atoms with Gasteiger partial charge < -0.3 is 5.11 Å². The van der Waals surface area contributed by atoms with Gasteiger partial charge in [-0.1, -0.05) is 0 Å². The third kappa shape index (κ3) is 0.992. The quantitative estimate of drug-likeness (QED) is 0.480. The van der Waals surface area contributed by atoms with E-state index < -0.39 is 0 Å². The van der Waals surface area contributed by atoms with Crippen LogP contribution in [0.25, 0.3) is 0 Å². The van der Waals surface area contributed by atoms with Crippen molar-refractivity contribution in [1.82, 2.24) is 10.4 Å². The standard InChI is InChI=1S/C5H12N2O/c1-5(2)6-7(5)3-4-8/h6,8H,3-4H2,1-2H3. The summed E-state index contributed by atoms with van der Waals surface area (Å²) in [4.78, 5) is 0. The lowest BCUT2D eigenvalue weighted by atomic mass is 10.3. The Labute approximate surface area is 49.3 Å². The van der Waals surface area contributed by atoms with Crippen LogP contribution in [0.2, 0.25) is 0 Å². The summed E-state index contributed by atoms with van der Waals surface area (Å²) in [5.74, 6) is 0. The van der Waals surface area contributed by atoms with E-state index in [1.165, 1.54) is 0 Å². The zero-order valence-electron chi connectivity index (χ0n) is 5.31. The largest absolute Gasteiger partial charge is 0.395 e. The molecule has 0 bridgehead atoms. The van der Waals surface area contributed by atoms with Crippen LogP contribution >= 0.6 is 0 Å². The molecule has 0 aromatic rings. The van der Waals surface area contributed by atoms with Crippen LogP contribution in [0.4, 0.5) is 0 Å². The van der Waals surface area contributed by atoms with Gasteiger partial charge in [-0.05, 0) is 13.8 Å². The number of rotatable bonds is 2. The highest BCUT2D eigenvalue weighted by atomic mass is 16.3. The molecule has 0 aromatic heterocycles. The monoisotopic (exact) mass is 116 g/mol. The summed E-state index contributed by atoms with van der Waals surface area (Å²) in [6.07, 6.45) is 0. The van der Waals surface area contributed by atoms with Gasteiger partial charge in [-0.3, -0.25) is 0 Å². The van der Waals surface area contributed by atoms with Crippen molar-refractivity contribution in [3.63, 3.8) is 0 Å². The molecule has 0 aliphatic carbocycles. The van der Waals surface area contributed by atoms with Crippen molar-refractivity contribution >= 4 is 0 Å². The summed E-state index contributed by atoms with van der Waals surface area (Å²) >= 11 is 0. The first-order valence-electron chi connectivity index (χ1n) is 2.83. The molecule has 1 heterocycles. The number of hydrazine groups is 1. The van der Waals surface area contributed by atoms with E-state index in [1.807, 2.05) is 5.01 Å². The zero-order chi connectivity index (χ0) is 6.20. The van der Waals surface area contributed by atoms with Gasteiger partial charge in [0.25, 0.3) is 0 Å². The zero-order valence-corrected chi connectivity index (χ0v) is 5.31. The predicted molar refractivity (Wildman–Crippen MR) is 31.0 cm³/mol. The Morgan fingerprint density at radius 3 is 2.25 bits per heavy atom. The SMILES string of the molecule is CC1(C)NN1CCO. The topological polar surface area (TPSA) is 45.2 Å². The number of hydrogen-bond donors (Lipinski definition) is 2. The van der Waals surface area contributed by atoms with E-state index in [0.29, 0.717) is 0 Å². The minimum absolute atomic E-state index is 0.142. The van der Waals surface area contributed by atoms with Gasteiger partial charge in [0.1, 0.15) is 0 Å². The molecule has 0 radical (unpaired) electrons. The first-order chi connectivity index (χ1) is 3.67. The molecule has 1 unspecified atom stereocenters. The molecule has 1 saturated heterocycles. The lowest BCUT2D eigenvalue weighted by Crippen LogP contribution is -2.12. The fourth-order valence-electron chi connectivity index (χ4n) is 0.741. The molecular formula is C5H12N2O. The number of nitrogens with one attached hydrogen (secondary N) is 1. The van der Waals surface area contributed by atoms with Gasteiger partial charge in [0, 0.05) is 6.54 Å². The third-order valence-corrected chi connectivity index (χ3v) is 1.36. The number of β-amino-alcohol motifs (C(OH)–C–C–N with tert-alkyl or cyclic N) is 1. The highest BCUT2D eigenvalue weighted by molar-refractivity contribution is 4.87. The lowest BCUT2D eigenvalue weighted by Gasteiger charge is -1.97. The minimum Gasteiger partial charge on any atom is -0.395 e. The first-order valence-corrected chi connectivity index (χ1v) is 2.83. The molecule has 1 aliphatic heterocycles. The molecule has 1 fully saturated rings. The maximum Gasteiger partial charge on any atom is 0.0919 e. The molecule has 3 nitrogen and oxygen atoms in total. The average molecular weight is 116 g/mol. The molecule has 0 amide bonds. The van der Waals surface area contributed by atoms with E-state index in [-0.39, 0.29) is 12.3 Å². The summed E-state index contributed by atoms with van der Waals surface area (Å²) in [5.41, 5.74) is 3.22. The predicted octanol–water partition coefficient (Wildman–Crippen LogP) is -0.465. The van der Waals surface area contributed by atoms with Crippen molar-refractivity contribution in [2.45, 2.75) is 19.5 Å². The highest BCUT2D eigenvalue weighted by Crippen LogP contribution is 2.20. The van der Waals surface area contributed by atoms with Crippen LogP contribution in [0.1, 0.15) is 13.8 Å². The van der Waals surface area contributed by atoms with Crippen LogP contribution in [-0.2, 0) is 0 Å². The fraction of sp³-hybridized carbons (Fsp3) is 1.00. The van der Waals surface area contributed by atoms with E-state index >= 15 is 0 Å². The van der Waals surface area contributed by atoms with Gasteiger partial charge in [-0.25, -0.2) is 10.4 Å². The van der Waals surface area contributed by atoms with Gasteiger partial charge in [0.05, 0.1) is 12.3 Å². The van der Waals surface area contributed by atoms with E-state index in [2.05, 4.69) is 19.3 Å². The Morgan fingerprint density at radius 1 is 1.62 bits per heavy atom. The van der Waals surface area contributed by atoms with Crippen molar-refractivity contribution in [3.05, 3.63) is 0 Å². The summed E-state index contributed by atoms with van der Waals surface area (Å²) < 4.78 is 0. The van der Waals surface area contributed by atoms with Crippen molar-refractivity contribution in [1.29, 1.82) is 0 Å². The van der Waals surface area contributed by atoms with E-state index in [1.54, 1.807) is 0 Å². The second-order valence-electron chi connectivity index (χ2n) is 2.55. The maximum absolute atomic E-state index is 8.43. The van der Waals surface area contributed by atoms with Gasteiger partial charge in [-0.2, -0.15) is 0 Å². The third-order valence-electron chi connectivity index (χ3n) is 1.36. The molecule has 3 heteroatoms. The Balaban J connectivity index is 2.17. The Kier molecular flexibility index (Phi) is 1.27. The van der Waals surface area contributed by atoms with Gasteiger partial charge in [0.15, 0.2) is 0 Å². The normalized spacial score (nSPS) is 32.6. The number of nitrogens with zero attached hydrogens (tertiary/aromatic N) is 1.